The Kier molecular flexibility index (Phi) is 10.3. The van der Waals surface area contributed by atoms with Crippen LogP contribution in [0.1, 0.15) is 46.3 Å². The Bertz CT molecular complexity index is 2240. The number of methoxy groups -OCH3 is 1. The molecule has 0 amide bonds. The van der Waals surface area contributed by atoms with Gasteiger partial charge in [-0.25, -0.2) is 0 Å². The monoisotopic (exact) mass is 813 g/mol. The summed E-state index contributed by atoms with van der Waals surface area (Å²) in [5.41, 5.74) is 18.5. The van der Waals surface area contributed by atoms with Gasteiger partial charge in [-0.15, -0.1) is 0 Å². The van der Waals surface area contributed by atoms with Crippen LogP contribution in [0.25, 0.3) is 0 Å². The molecule has 1 unspecified atom stereocenters. The van der Waals surface area contributed by atoms with Crippen LogP contribution in [0.5, 0.6) is 28.7 Å². The van der Waals surface area contributed by atoms with Crippen LogP contribution in [0.3, 0.4) is 0 Å². The molecule has 3 aromatic carbocycles. The van der Waals surface area contributed by atoms with E-state index in [0.717, 1.165) is 44.0 Å². The topological polar surface area (TPSA) is 249 Å². The molecular formula is C42H45N4O13+. The number of aliphatic carboxylic acids is 1. The number of aliphatic hydroxyl groups is 3. The van der Waals surface area contributed by atoms with Gasteiger partial charge in [0.2, 0.25) is 12.0 Å². The zero-order chi connectivity index (χ0) is 41.1. The van der Waals surface area contributed by atoms with Crippen molar-refractivity contribution in [1.82, 2.24) is 0 Å². The molecule has 3 aromatic rings. The molecule has 12 rings (SSSR count). The van der Waals surface area contributed by atoms with E-state index in [9.17, 15) is 24.9 Å². The maximum absolute atomic E-state index is 12.3. The fourth-order valence-corrected chi connectivity index (χ4v) is 8.86. The Balaban J connectivity index is 1.11. The molecule has 10 atom stereocenters. The van der Waals surface area contributed by atoms with Crippen molar-refractivity contribution >= 4 is 18.2 Å². The van der Waals surface area contributed by atoms with E-state index in [2.05, 4.69) is 35.5 Å². The SMILES string of the molecule is COc1c2ccc3c1O[C@H]1c4c(C[NH+]5C=C6N=CC=C6C5)cc(O[C@@H]5O[C@H]([C@H](OC(=O)CC(=O)O)C(N)N)[C@@H](O)[C@H](O)[C@H]5O)cc4O[C@@H](Cc4ccc(cc4)CCO2)[C@@H]31. The minimum atomic E-state index is -1.87. The molecule has 9 N–H and O–H groups in total. The van der Waals surface area contributed by atoms with Crippen LogP contribution >= 0.6 is 0 Å². The van der Waals surface area contributed by atoms with Crippen molar-refractivity contribution in [3.63, 3.8) is 0 Å². The first kappa shape index (κ1) is 39.0. The number of carboxylic acid groups (broad SMARTS) is 1. The number of aliphatic hydroxyl groups excluding tert-OH is 3. The fraction of sp³-hybridized carbons (Fsp3) is 0.405. The summed E-state index contributed by atoms with van der Waals surface area (Å²) in [6, 6.07) is 15.7. The number of hydrogen-bond acceptors (Lipinski definition) is 15. The number of fused-ring (bicyclic) bond motifs is 3. The summed E-state index contributed by atoms with van der Waals surface area (Å²) in [5.74, 6) is -0.628. The lowest BCUT2D eigenvalue weighted by molar-refractivity contribution is -0.851. The van der Waals surface area contributed by atoms with E-state index in [1.807, 2.05) is 18.2 Å². The van der Waals surface area contributed by atoms with Crippen LogP contribution in [-0.2, 0) is 38.4 Å². The average molecular weight is 814 g/mol. The summed E-state index contributed by atoms with van der Waals surface area (Å²) in [4.78, 5) is 29.1. The quantitative estimate of drug-likeness (QED) is 0.0804. The number of aliphatic imine (C=N–C) groups is 1. The first-order valence-electron chi connectivity index (χ1n) is 19.5. The molecule has 9 aliphatic rings. The van der Waals surface area contributed by atoms with Gasteiger partial charge >= 0.3 is 11.9 Å². The number of nitrogens with zero attached hydrogens (tertiary/aromatic N) is 1. The molecule has 0 saturated carbocycles. The molecule has 9 aliphatic heterocycles. The minimum Gasteiger partial charge on any atom is -0.490 e. The average Bonchev–Trinajstić information content (AvgIpc) is 3.91. The zero-order valence-electron chi connectivity index (χ0n) is 31.9. The van der Waals surface area contributed by atoms with Gasteiger partial charge in [-0.1, -0.05) is 30.3 Å². The van der Waals surface area contributed by atoms with Crippen molar-refractivity contribution < 1.29 is 68.1 Å². The number of esters is 1. The molecule has 59 heavy (non-hydrogen) atoms. The normalized spacial score (nSPS) is 29.0. The highest BCUT2D eigenvalue weighted by atomic mass is 16.7. The third-order valence-corrected chi connectivity index (χ3v) is 11.6. The van der Waals surface area contributed by atoms with Gasteiger partial charge in [-0.3, -0.25) is 19.5 Å². The third-order valence-electron chi connectivity index (χ3n) is 11.6. The Hall–Kier alpha value is -5.53. The first-order chi connectivity index (χ1) is 28.4. The van der Waals surface area contributed by atoms with Crippen molar-refractivity contribution in [2.45, 2.75) is 86.9 Å². The van der Waals surface area contributed by atoms with E-state index in [1.54, 1.807) is 25.5 Å². The Morgan fingerprint density at radius 3 is 2.54 bits per heavy atom. The van der Waals surface area contributed by atoms with Gasteiger partial charge in [0, 0.05) is 47.4 Å². The largest absolute Gasteiger partial charge is 0.490 e. The van der Waals surface area contributed by atoms with Gasteiger partial charge in [-0.05, 0) is 29.3 Å². The van der Waals surface area contributed by atoms with Crippen molar-refractivity contribution in [2.75, 3.05) is 20.3 Å². The number of nitrogens with one attached hydrogen (secondary N) is 1. The molecular weight excluding hydrogens is 768 g/mol. The van der Waals surface area contributed by atoms with E-state index in [4.69, 9.17) is 49.7 Å². The Labute approximate surface area is 338 Å². The number of nitrogens with two attached hydrogens (primary N) is 2. The molecule has 310 valence electrons. The highest BCUT2D eigenvalue weighted by molar-refractivity contribution is 5.90. The molecule has 17 nitrogen and oxygen atoms in total. The van der Waals surface area contributed by atoms with Gasteiger partial charge in [0.1, 0.15) is 79.5 Å². The maximum atomic E-state index is 12.3. The van der Waals surface area contributed by atoms with Crippen LogP contribution in [0.15, 0.2) is 77.1 Å². The summed E-state index contributed by atoms with van der Waals surface area (Å²) in [6.07, 6.45) is -6.81. The minimum absolute atomic E-state index is 0.182. The number of carboxylic acids is 1. The number of carbonyl (C=O) groups is 2. The fourth-order valence-electron chi connectivity index (χ4n) is 8.86. The lowest BCUT2D eigenvalue weighted by atomic mass is 9.80. The smallest absolute Gasteiger partial charge is 0.317 e. The number of hydrogen-bond donors (Lipinski definition) is 7. The number of rotatable bonds is 10. The highest BCUT2D eigenvalue weighted by Crippen LogP contribution is 2.59. The van der Waals surface area contributed by atoms with Crippen LogP contribution in [0, 0.1) is 0 Å². The van der Waals surface area contributed by atoms with Crippen molar-refractivity contribution in [1.29, 1.82) is 0 Å². The Morgan fingerprint density at radius 2 is 1.80 bits per heavy atom. The van der Waals surface area contributed by atoms with Crippen LogP contribution in [0.4, 0.5) is 0 Å². The Morgan fingerprint density at radius 1 is 1.00 bits per heavy atom. The predicted molar refractivity (Wildman–Crippen MR) is 205 cm³/mol. The van der Waals surface area contributed by atoms with E-state index in [-0.39, 0.29) is 11.7 Å². The van der Waals surface area contributed by atoms with Crippen LogP contribution < -0.4 is 40.1 Å². The molecule has 9 heterocycles. The molecule has 17 heteroatoms. The van der Waals surface area contributed by atoms with Crippen LogP contribution in [0.2, 0.25) is 0 Å². The van der Waals surface area contributed by atoms with Crippen LogP contribution in [-0.4, -0.2) is 108 Å². The molecule has 1 fully saturated rings. The number of benzene rings is 3. The van der Waals surface area contributed by atoms with E-state index < -0.39 is 73.5 Å². The maximum Gasteiger partial charge on any atom is 0.317 e. The van der Waals surface area contributed by atoms with E-state index >= 15 is 0 Å². The van der Waals surface area contributed by atoms with Crippen molar-refractivity contribution in [3.05, 3.63) is 99.9 Å². The van der Waals surface area contributed by atoms with Crippen molar-refractivity contribution in [3.8, 4) is 28.7 Å². The van der Waals surface area contributed by atoms with Gasteiger partial charge in [-0.2, -0.15) is 0 Å². The summed E-state index contributed by atoms with van der Waals surface area (Å²) < 4.78 is 43.6. The van der Waals surface area contributed by atoms with E-state index in [0.29, 0.717) is 55.5 Å². The molecule has 0 radical (unpaired) electrons. The van der Waals surface area contributed by atoms with Gasteiger partial charge in [0.15, 0.2) is 17.6 Å². The molecule has 0 aromatic heterocycles. The predicted octanol–water partition coefficient (Wildman–Crippen LogP) is -0.0818. The molecule has 1 saturated heterocycles. The summed E-state index contributed by atoms with van der Waals surface area (Å²) >= 11 is 0. The lowest BCUT2D eigenvalue weighted by Gasteiger charge is -2.43. The van der Waals surface area contributed by atoms with Gasteiger partial charge in [0.25, 0.3) is 0 Å². The number of ether oxygens (including phenoxy) is 7. The number of carbonyl (C=O) groups excluding carboxylic acids is 1. The van der Waals surface area contributed by atoms with Crippen molar-refractivity contribution in [2.24, 2.45) is 16.5 Å². The zero-order valence-corrected chi connectivity index (χ0v) is 31.9. The standard InChI is InChI=1S/C42H44N4O13/c1-53-37-26-7-6-24-32-27(12-20-4-2-19(3-5-20)9-11-54-26)56-28-14-23(13-22(31(28)38(32)58-36(24)37)17-46-16-21-8-10-45-25(21)18-46)55-42-35(52)33(50)34(51)39(59-42)40(41(43)44)57-30(49)15-29(47)48/h2-8,10,13-14,18,27,32-35,38-42,50-52H,9,11-12,15-17,43-44H2,1H3,(H,47,48)/p+1/t27-,32+,33-,34-,35+,38-,39-,40-,42+/m0/s1. The second kappa shape index (κ2) is 15.6. The molecule has 6 bridgehead atoms. The summed E-state index contributed by atoms with van der Waals surface area (Å²) in [6.45, 7) is 1.57. The third kappa shape index (κ3) is 7.28. The molecule has 0 aliphatic carbocycles. The number of allylic oxidation sites excluding steroid dienone is 1. The van der Waals surface area contributed by atoms with Gasteiger partial charge < -0.3 is 65.1 Å². The highest BCUT2D eigenvalue weighted by Gasteiger charge is 2.52. The second-order valence-electron chi connectivity index (χ2n) is 15.5. The molecule has 0 spiro atoms. The lowest BCUT2D eigenvalue weighted by Crippen LogP contribution is -3.04. The number of quaternary nitrogens is 1. The summed E-state index contributed by atoms with van der Waals surface area (Å²) in [7, 11) is 1.59. The second-order valence-corrected chi connectivity index (χ2v) is 15.5. The first-order valence-corrected chi connectivity index (χ1v) is 19.5. The summed E-state index contributed by atoms with van der Waals surface area (Å²) in [5, 5.41) is 42.2. The van der Waals surface area contributed by atoms with E-state index in [1.165, 1.54) is 0 Å². The van der Waals surface area contributed by atoms with Gasteiger partial charge in [0.05, 0.1) is 25.8 Å².